The first-order valence-electron chi connectivity index (χ1n) is 11.3. The number of nitrogens with two attached hydrogens (primary N) is 1. The van der Waals surface area contributed by atoms with Crippen molar-refractivity contribution >= 4 is 48.3 Å². The van der Waals surface area contributed by atoms with Crippen molar-refractivity contribution in [2.75, 3.05) is 31.1 Å². The number of para-hydroxylation sites is 2. The van der Waals surface area contributed by atoms with Crippen molar-refractivity contribution in [3.05, 3.63) is 24.3 Å². The van der Waals surface area contributed by atoms with E-state index in [-0.39, 0.29) is 31.4 Å². The number of benzene rings is 1. The Kier molecular flexibility index (Phi) is 12.7. The van der Waals surface area contributed by atoms with Crippen LogP contribution in [-0.4, -0.2) is 55.4 Å². The molecule has 0 radical (unpaired) electrons. The van der Waals surface area contributed by atoms with Crippen LogP contribution in [0.4, 0.5) is 5.69 Å². The number of carbonyl (C=O) groups is 3. The Morgan fingerprint density at radius 3 is 2.59 bits per heavy atom. The van der Waals surface area contributed by atoms with E-state index in [2.05, 4.69) is 5.32 Å². The Bertz CT molecular complexity index is 822. The Morgan fingerprint density at radius 1 is 1.26 bits per heavy atom. The second-order valence-corrected chi connectivity index (χ2v) is 8.38. The minimum absolute atomic E-state index is 0. The van der Waals surface area contributed by atoms with Gasteiger partial charge in [-0.3, -0.25) is 25.0 Å². The molecule has 0 aromatic heterocycles. The molecule has 0 saturated carbocycles. The lowest BCUT2D eigenvalue weighted by Crippen LogP contribution is -2.51. The number of nitrogens with one attached hydrogen (secondary N) is 1. The molecule has 1 aromatic rings. The van der Waals surface area contributed by atoms with Crippen LogP contribution < -0.4 is 20.7 Å². The largest absolute Gasteiger partial charge is 0.480 e. The molecule has 9 nitrogen and oxygen atoms in total. The first kappa shape index (κ1) is 30.0. The summed E-state index contributed by atoms with van der Waals surface area (Å²) in [6.45, 7) is 3.33. The lowest BCUT2D eigenvalue weighted by molar-refractivity contribution is -0.155. The molecule has 0 bridgehead atoms. The number of hydrogen-bond acceptors (Lipinski definition) is 7. The fourth-order valence-electron chi connectivity index (χ4n) is 4.63. The molecule has 1 aromatic carbocycles. The van der Waals surface area contributed by atoms with Gasteiger partial charge in [-0.15, -0.1) is 24.8 Å². The minimum Gasteiger partial charge on any atom is -0.480 e. The second-order valence-electron chi connectivity index (χ2n) is 8.38. The van der Waals surface area contributed by atoms with Crippen molar-refractivity contribution in [3.63, 3.8) is 0 Å². The summed E-state index contributed by atoms with van der Waals surface area (Å²) in [7, 11) is 0. The standard InChI is InChI=1S/C23H33N3O6.2ClH/c1-2-31-23(30)16(7-5-6-15-10-12-25-13-11-15)20-21(24)32-18-9-4-3-8-17(18)26(22(20)29)14-19(27)28;;/h3-4,8-9,15-16,20-21,25H,2,5-7,10-14,24H2,1H3,(H,27,28);2*1H/t16-,20+,21?;;/m1../s1. The SMILES string of the molecule is CCOC(=O)[C@H](CCCC1CCNCC1)[C@@H]1C(=O)N(CC(=O)O)c2ccccc2OC1N.Cl.Cl. The molecule has 4 N–H and O–H groups in total. The van der Waals surface area contributed by atoms with Crippen LogP contribution in [0.1, 0.15) is 39.0 Å². The minimum atomic E-state index is -1.17. The van der Waals surface area contributed by atoms with Gasteiger partial charge in [0, 0.05) is 0 Å². The summed E-state index contributed by atoms with van der Waals surface area (Å²) in [4.78, 5) is 39.1. The van der Waals surface area contributed by atoms with Gasteiger partial charge in [0.25, 0.3) is 0 Å². The van der Waals surface area contributed by atoms with Crippen LogP contribution >= 0.6 is 24.8 Å². The number of ether oxygens (including phenoxy) is 2. The summed E-state index contributed by atoms with van der Waals surface area (Å²) in [6, 6.07) is 6.66. The maximum atomic E-state index is 13.6. The van der Waals surface area contributed by atoms with Crippen molar-refractivity contribution in [3.8, 4) is 5.75 Å². The zero-order valence-electron chi connectivity index (χ0n) is 19.3. The summed E-state index contributed by atoms with van der Waals surface area (Å²) < 4.78 is 11.1. The Hall–Kier alpha value is -2.07. The number of carbonyl (C=O) groups excluding carboxylic acids is 2. The van der Waals surface area contributed by atoms with Crippen LogP contribution in [0.25, 0.3) is 0 Å². The number of piperidine rings is 1. The van der Waals surface area contributed by atoms with E-state index in [9.17, 15) is 19.5 Å². The van der Waals surface area contributed by atoms with Gasteiger partial charge in [0.2, 0.25) is 5.91 Å². The third kappa shape index (κ3) is 7.46. The van der Waals surface area contributed by atoms with Gasteiger partial charge in [0.15, 0.2) is 6.23 Å². The number of amides is 1. The molecular weight excluding hydrogens is 485 g/mol. The molecule has 192 valence electrons. The van der Waals surface area contributed by atoms with Crippen LogP contribution in [0.3, 0.4) is 0 Å². The number of carboxylic acid groups (broad SMARTS) is 1. The molecular formula is C23H35Cl2N3O6. The molecule has 2 aliphatic heterocycles. The molecule has 1 amide bonds. The number of halogens is 2. The van der Waals surface area contributed by atoms with Gasteiger partial charge < -0.3 is 19.9 Å². The Labute approximate surface area is 212 Å². The fraction of sp³-hybridized carbons (Fsp3) is 0.609. The third-order valence-corrected chi connectivity index (χ3v) is 6.23. The van der Waals surface area contributed by atoms with E-state index in [1.54, 1.807) is 31.2 Å². The van der Waals surface area contributed by atoms with Gasteiger partial charge in [-0.2, -0.15) is 0 Å². The molecule has 3 rings (SSSR count). The monoisotopic (exact) mass is 519 g/mol. The Balaban J connectivity index is 0.00000289. The van der Waals surface area contributed by atoms with Crippen molar-refractivity contribution in [2.45, 2.75) is 45.3 Å². The van der Waals surface area contributed by atoms with Gasteiger partial charge in [-0.1, -0.05) is 25.0 Å². The van der Waals surface area contributed by atoms with E-state index in [0.29, 0.717) is 23.8 Å². The fourth-order valence-corrected chi connectivity index (χ4v) is 4.63. The van der Waals surface area contributed by atoms with Gasteiger partial charge in [-0.25, -0.2) is 0 Å². The summed E-state index contributed by atoms with van der Waals surface area (Å²) in [5.74, 6) is -3.17. The average molecular weight is 520 g/mol. The van der Waals surface area contributed by atoms with Crippen LogP contribution in [-0.2, 0) is 19.1 Å². The zero-order valence-corrected chi connectivity index (χ0v) is 20.9. The van der Waals surface area contributed by atoms with Crippen LogP contribution in [0, 0.1) is 17.8 Å². The molecule has 0 spiro atoms. The molecule has 1 fully saturated rings. The van der Waals surface area contributed by atoms with Crippen molar-refractivity contribution in [1.29, 1.82) is 0 Å². The molecule has 1 saturated heterocycles. The number of aliphatic carboxylic acids is 1. The molecule has 11 heteroatoms. The highest BCUT2D eigenvalue weighted by Crippen LogP contribution is 2.37. The van der Waals surface area contributed by atoms with Crippen LogP contribution in [0.2, 0.25) is 0 Å². The molecule has 2 aliphatic rings. The quantitative estimate of drug-likeness (QED) is 0.424. The third-order valence-electron chi connectivity index (χ3n) is 6.23. The predicted octanol–water partition coefficient (Wildman–Crippen LogP) is 2.59. The number of nitrogens with zero attached hydrogens (tertiary/aromatic N) is 1. The Morgan fingerprint density at radius 2 is 1.94 bits per heavy atom. The molecule has 2 heterocycles. The smallest absolute Gasteiger partial charge is 0.323 e. The second kappa shape index (κ2) is 14.4. The van der Waals surface area contributed by atoms with Gasteiger partial charge >= 0.3 is 11.9 Å². The van der Waals surface area contributed by atoms with E-state index in [4.69, 9.17) is 15.2 Å². The number of rotatable bonds is 9. The normalized spacial score (nSPS) is 21.1. The summed E-state index contributed by atoms with van der Waals surface area (Å²) in [5.41, 5.74) is 6.62. The van der Waals surface area contributed by atoms with Crippen LogP contribution in [0.5, 0.6) is 5.75 Å². The number of esters is 1. The first-order chi connectivity index (χ1) is 15.4. The van der Waals surface area contributed by atoms with Crippen molar-refractivity contribution < 1.29 is 29.0 Å². The highest BCUT2D eigenvalue weighted by molar-refractivity contribution is 6.02. The van der Waals surface area contributed by atoms with Gasteiger partial charge in [-0.05, 0) is 57.3 Å². The molecule has 3 atom stereocenters. The van der Waals surface area contributed by atoms with E-state index < -0.39 is 42.5 Å². The highest BCUT2D eigenvalue weighted by atomic mass is 35.5. The summed E-state index contributed by atoms with van der Waals surface area (Å²) in [6.07, 6.45) is 3.21. The maximum absolute atomic E-state index is 13.6. The lowest BCUT2D eigenvalue weighted by Gasteiger charge is -2.30. The van der Waals surface area contributed by atoms with Crippen molar-refractivity contribution in [1.82, 2.24) is 5.32 Å². The number of fused-ring (bicyclic) bond motifs is 1. The topological polar surface area (TPSA) is 131 Å². The van der Waals surface area contributed by atoms with Crippen molar-refractivity contribution in [2.24, 2.45) is 23.5 Å². The van der Waals surface area contributed by atoms with Crippen LogP contribution in [0.15, 0.2) is 24.3 Å². The zero-order chi connectivity index (χ0) is 23.1. The number of carboxylic acids is 1. The molecule has 1 unspecified atom stereocenters. The summed E-state index contributed by atoms with van der Waals surface area (Å²) >= 11 is 0. The number of anilines is 1. The lowest BCUT2D eigenvalue weighted by atomic mass is 9.83. The number of hydrogen-bond donors (Lipinski definition) is 3. The highest BCUT2D eigenvalue weighted by Gasteiger charge is 2.45. The summed E-state index contributed by atoms with van der Waals surface area (Å²) in [5, 5.41) is 12.8. The molecule has 34 heavy (non-hydrogen) atoms. The van der Waals surface area contributed by atoms with E-state index in [1.165, 1.54) is 0 Å². The first-order valence-corrected chi connectivity index (χ1v) is 11.3. The van der Waals surface area contributed by atoms with E-state index >= 15 is 0 Å². The van der Waals surface area contributed by atoms with Gasteiger partial charge in [0.1, 0.15) is 18.2 Å². The van der Waals surface area contributed by atoms with Gasteiger partial charge in [0.05, 0.1) is 18.2 Å². The van der Waals surface area contributed by atoms with E-state index in [0.717, 1.165) is 43.7 Å². The van der Waals surface area contributed by atoms with E-state index in [1.807, 2.05) is 0 Å². The predicted molar refractivity (Wildman–Crippen MR) is 133 cm³/mol. The maximum Gasteiger partial charge on any atom is 0.323 e. The molecule has 0 aliphatic carbocycles. The average Bonchev–Trinajstić information content (AvgIpc) is 2.86.